The summed E-state index contributed by atoms with van der Waals surface area (Å²) in [6, 6.07) is 12.4. The highest BCUT2D eigenvalue weighted by atomic mass is 19.4. The molecule has 0 saturated carbocycles. The molecule has 1 heterocycles. The van der Waals surface area contributed by atoms with Crippen molar-refractivity contribution in [2.75, 3.05) is 0 Å². The van der Waals surface area contributed by atoms with Gasteiger partial charge in [-0.2, -0.15) is 13.2 Å². The van der Waals surface area contributed by atoms with Gasteiger partial charge in [-0.15, -0.1) is 0 Å². The molecule has 0 aliphatic rings. The van der Waals surface area contributed by atoms with Crippen LogP contribution in [-0.2, 0) is 19.2 Å². The molecule has 0 aliphatic carbocycles. The van der Waals surface area contributed by atoms with Crippen LogP contribution in [0.1, 0.15) is 62.1 Å². The minimum absolute atomic E-state index is 0.196. The van der Waals surface area contributed by atoms with E-state index < -0.39 is 11.7 Å². The number of unbranched alkanes of at least 4 members (excludes halogenated alkanes) is 5. The summed E-state index contributed by atoms with van der Waals surface area (Å²) in [5.41, 5.74) is 2.05. The number of nitrogens with zero attached hydrogens (tertiary/aromatic N) is 2. The van der Waals surface area contributed by atoms with Gasteiger partial charge in [0.2, 0.25) is 0 Å². The number of aromatic nitrogens is 2. The number of alkyl halides is 3. The molecule has 6 heteroatoms. The summed E-state index contributed by atoms with van der Waals surface area (Å²) in [7, 11) is 0. The first-order chi connectivity index (χ1) is 15.5. The quantitative estimate of drug-likeness (QED) is 0.286. The van der Waals surface area contributed by atoms with Crippen LogP contribution in [0.4, 0.5) is 13.2 Å². The van der Waals surface area contributed by atoms with Crippen LogP contribution < -0.4 is 4.74 Å². The Morgan fingerprint density at radius 3 is 2.00 bits per heavy atom. The van der Waals surface area contributed by atoms with Gasteiger partial charge in [-0.25, -0.2) is 9.97 Å². The highest BCUT2D eigenvalue weighted by Crippen LogP contribution is 2.29. The Hall–Kier alpha value is -2.89. The van der Waals surface area contributed by atoms with Crippen molar-refractivity contribution < 1.29 is 17.9 Å². The average Bonchev–Trinajstić information content (AvgIpc) is 2.80. The van der Waals surface area contributed by atoms with Crippen molar-refractivity contribution in [1.82, 2.24) is 9.97 Å². The second kappa shape index (κ2) is 11.7. The lowest BCUT2D eigenvalue weighted by atomic mass is 10.1. The van der Waals surface area contributed by atoms with E-state index in [1.165, 1.54) is 44.2 Å². The van der Waals surface area contributed by atoms with Crippen LogP contribution in [0.3, 0.4) is 0 Å². The van der Waals surface area contributed by atoms with E-state index in [9.17, 15) is 13.2 Å². The lowest BCUT2D eigenvalue weighted by Crippen LogP contribution is -2.05. The van der Waals surface area contributed by atoms with Gasteiger partial charge >= 0.3 is 6.18 Å². The van der Waals surface area contributed by atoms with Crippen LogP contribution in [-0.4, -0.2) is 9.97 Å². The highest BCUT2D eigenvalue weighted by molar-refractivity contribution is 5.55. The first-order valence-electron chi connectivity index (χ1n) is 11.2. The van der Waals surface area contributed by atoms with E-state index in [0.29, 0.717) is 17.1 Å². The van der Waals surface area contributed by atoms with Gasteiger partial charge in [0.05, 0.1) is 5.56 Å². The lowest BCUT2D eigenvalue weighted by molar-refractivity contribution is -0.137. The zero-order valence-electron chi connectivity index (χ0n) is 18.4. The predicted octanol–water partition coefficient (Wildman–Crippen LogP) is 7.64. The molecular weight excluding hydrogens is 413 g/mol. The molecule has 0 bridgehead atoms. The molecule has 0 aliphatic heterocycles. The second-order valence-corrected chi connectivity index (χ2v) is 7.94. The van der Waals surface area contributed by atoms with Crippen molar-refractivity contribution in [3.05, 3.63) is 77.6 Å². The van der Waals surface area contributed by atoms with Gasteiger partial charge in [-0.3, -0.25) is 0 Å². The number of ether oxygens (including phenoxy) is 1. The third-order valence-electron chi connectivity index (χ3n) is 5.32. The van der Waals surface area contributed by atoms with Crippen molar-refractivity contribution >= 4 is 0 Å². The van der Waals surface area contributed by atoms with Gasteiger partial charge in [0, 0.05) is 18.0 Å². The van der Waals surface area contributed by atoms with Crippen LogP contribution in [0.5, 0.6) is 5.75 Å². The third kappa shape index (κ3) is 7.36. The Labute approximate surface area is 187 Å². The van der Waals surface area contributed by atoms with Crippen LogP contribution in [0.15, 0.2) is 60.9 Å². The van der Waals surface area contributed by atoms with E-state index in [4.69, 9.17) is 4.74 Å². The summed E-state index contributed by atoms with van der Waals surface area (Å²) in [6.45, 7) is 2.42. The second-order valence-electron chi connectivity index (χ2n) is 7.94. The molecule has 0 saturated heterocycles. The number of hydrogen-bond acceptors (Lipinski definition) is 3. The molecule has 0 N–H and O–H groups in total. The normalized spacial score (nSPS) is 11.5. The molecule has 0 fully saturated rings. The van der Waals surface area contributed by atoms with Crippen LogP contribution in [0.25, 0.3) is 11.4 Å². The van der Waals surface area contributed by atoms with E-state index in [1.807, 2.05) is 36.7 Å². The number of aryl methyl sites for hydroxylation is 1. The van der Waals surface area contributed by atoms with Crippen LogP contribution >= 0.6 is 0 Å². The molecule has 1 aromatic heterocycles. The minimum atomic E-state index is -4.33. The summed E-state index contributed by atoms with van der Waals surface area (Å²) < 4.78 is 43.6. The number of hydrogen-bond donors (Lipinski definition) is 0. The van der Waals surface area contributed by atoms with Crippen molar-refractivity contribution in [2.24, 2.45) is 0 Å². The van der Waals surface area contributed by atoms with Crippen molar-refractivity contribution in [1.29, 1.82) is 0 Å². The van der Waals surface area contributed by atoms with Crippen molar-refractivity contribution in [2.45, 2.75) is 64.7 Å². The zero-order valence-corrected chi connectivity index (χ0v) is 18.4. The monoisotopic (exact) mass is 442 g/mol. The summed E-state index contributed by atoms with van der Waals surface area (Å²) in [4.78, 5) is 8.97. The van der Waals surface area contributed by atoms with E-state index in [0.717, 1.165) is 36.1 Å². The maximum atomic E-state index is 12.6. The van der Waals surface area contributed by atoms with Gasteiger partial charge in [0.25, 0.3) is 0 Å². The van der Waals surface area contributed by atoms with E-state index in [2.05, 4.69) is 16.9 Å². The summed E-state index contributed by atoms with van der Waals surface area (Å²) in [5, 5.41) is 0. The molecule has 3 nitrogen and oxygen atoms in total. The molecule has 3 aromatic rings. The molecule has 0 atom stereocenters. The summed E-state index contributed by atoms with van der Waals surface area (Å²) in [6.07, 6.45) is 8.06. The SMILES string of the molecule is CCCCCCCCc1cnc(-c2ccc(OCc3ccc(C(F)(F)F)cc3)cc2)nc1. The van der Waals surface area contributed by atoms with Crippen LogP contribution in [0, 0.1) is 0 Å². The topological polar surface area (TPSA) is 35.0 Å². The third-order valence-corrected chi connectivity index (χ3v) is 5.32. The summed E-state index contributed by atoms with van der Waals surface area (Å²) >= 11 is 0. The highest BCUT2D eigenvalue weighted by Gasteiger charge is 2.29. The van der Waals surface area contributed by atoms with Gasteiger partial charge < -0.3 is 4.74 Å². The van der Waals surface area contributed by atoms with Gasteiger partial charge in [0.1, 0.15) is 12.4 Å². The molecule has 0 radical (unpaired) electrons. The van der Waals surface area contributed by atoms with Crippen LogP contribution in [0.2, 0.25) is 0 Å². The minimum Gasteiger partial charge on any atom is -0.489 e. The maximum absolute atomic E-state index is 12.6. The predicted molar refractivity (Wildman–Crippen MR) is 120 cm³/mol. The molecule has 3 rings (SSSR count). The van der Waals surface area contributed by atoms with Gasteiger partial charge in [0.15, 0.2) is 5.82 Å². The van der Waals surface area contributed by atoms with E-state index in [1.54, 1.807) is 0 Å². The average molecular weight is 443 g/mol. The molecule has 170 valence electrons. The zero-order chi connectivity index (χ0) is 22.8. The molecule has 0 spiro atoms. The van der Waals surface area contributed by atoms with Gasteiger partial charge in [-0.1, -0.05) is 51.2 Å². The largest absolute Gasteiger partial charge is 0.489 e. The number of rotatable bonds is 11. The Bertz CT molecular complexity index is 937. The first-order valence-corrected chi connectivity index (χ1v) is 11.2. The Morgan fingerprint density at radius 1 is 0.750 bits per heavy atom. The summed E-state index contributed by atoms with van der Waals surface area (Å²) in [5.74, 6) is 1.29. The number of halogens is 3. The van der Waals surface area contributed by atoms with E-state index >= 15 is 0 Å². The number of benzene rings is 2. The Morgan fingerprint density at radius 2 is 1.38 bits per heavy atom. The molecule has 0 amide bonds. The van der Waals surface area contributed by atoms with E-state index in [-0.39, 0.29) is 6.61 Å². The Balaban J connectivity index is 1.47. The lowest BCUT2D eigenvalue weighted by Gasteiger charge is -2.09. The van der Waals surface area contributed by atoms with Gasteiger partial charge in [-0.05, 0) is 60.4 Å². The fourth-order valence-corrected chi connectivity index (χ4v) is 3.40. The maximum Gasteiger partial charge on any atom is 0.416 e. The Kier molecular flexibility index (Phi) is 8.65. The van der Waals surface area contributed by atoms with Crippen molar-refractivity contribution in [3.63, 3.8) is 0 Å². The smallest absolute Gasteiger partial charge is 0.416 e. The first kappa shape index (κ1) is 23.8. The fourth-order valence-electron chi connectivity index (χ4n) is 3.40. The van der Waals surface area contributed by atoms with Crippen molar-refractivity contribution in [3.8, 4) is 17.1 Å². The standard InChI is InChI=1S/C26H29F3N2O/c1-2-3-4-5-6-7-8-21-17-30-25(31-18-21)22-11-15-24(16-12-22)32-19-20-9-13-23(14-10-20)26(27,28)29/h9-18H,2-8,19H2,1H3. The molecule has 32 heavy (non-hydrogen) atoms. The molecule has 2 aromatic carbocycles. The fraction of sp³-hybridized carbons (Fsp3) is 0.385. The molecule has 0 unspecified atom stereocenters. The molecular formula is C26H29F3N2O.